The third kappa shape index (κ3) is 13.4. The number of phenols is 3. The average molecular weight is 1280 g/mol. The molecule has 0 aliphatic rings. The summed E-state index contributed by atoms with van der Waals surface area (Å²) in [5.74, 6) is -2.62. The average Bonchev–Trinajstić information content (AvgIpc) is 3.56. The molecule has 0 spiro atoms. The summed E-state index contributed by atoms with van der Waals surface area (Å²) >= 11 is 0.714. The Morgan fingerprint density at radius 1 is 0.440 bits per heavy atom. The molecule has 8 rings (SSSR count). The van der Waals surface area contributed by atoms with Gasteiger partial charge in [-0.2, -0.15) is 35.5 Å². The number of nitrogens with zero attached hydrogens (tertiary/aromatic N) is 10. The van der Waals surface area contributed by atoms with Crippen LogP contribution in [0.5, 0.6) is 17.2 Å². The van der Waals surface area contributed by atoms with Crippen LogP contribution in [0.3, 0.4) is 0 Å². The van der Waals surface area contributed by atoms with Crippen molar-refractivity contribution in [1.82, 2.24) is 0 Å². The van der Waals surface area contributed by atoms with E-state index >= 15 is 0 Å². The predicted molar refractivity (Wildman–Crippen MR) is 286 cm³/mol. The van der Waals surface area contributed by atoms with Crippen molar-refractivity contribution >= 4 is 161 Å². The molecule has 436 valence electrons. The second kappa shape index (κ2) is 25.1. The van der Waals surface area contributed by atoms with Gasteiger partial charge in [-0.15, -0.1) is 43.7 Å². The molecular weight excluding hydrogens is 1250 g/mol. The number of hydrogen-bond acceptors (Lipinski definition) is 34. The third-order valence-electron chi connectivity index (χ3n) is 11.0. The lowest BCUT2D eigenvalue weighted by Crippen LogP contribution is -2.00. The van der Waals surface area contributed by atoms with Crippen molar-refractivity contribution in [2.45, 2.75) is 29.4 Å². The number of nitro benzene ring substituents is 2. The SMILES string of the molecule is Nc1c(N=Nc2ccc3c(O)c(N=Nc4ccc([N+](=O)[O-])cc4S(=O)(=O)O)c(SOOO)cc3c2)c(SOOO)cc2cc(S(=O)(=O)O)c(N=Nc3ccc4c(O)c(N=Nc5ccc([N+](=O)[O-])cc5SOOO)c(S(=O)(=O)O)cc4c3)c(O)c12. The van der Waals surface area contributed by atoms with Gasteiger partial charge in [0.1, 0.15) is 48.8 Å². The van der Waals surface area contributed by atoms with Crippen molar-refractivity contribution in [3.8, 4) is 17.2 Å². The van der Waals surface area contributed by atoms with Crippen LogP contribution in [0, 0.1) is 20.2 Å². The van der Waals surface area contributed by atoms with E-state index < -0.39 is 117 Å². The monoisotopic (exact) mass is 1280 g/mol. The highest BCUT2D eigenvalue weighted by Gasteiger charge is 2.28. The molecule has 8 aromatic carbocycles. The third-order valence-corrected chi connectivity index (χ3v) is 15.5. The number of hydrogen-bond donors (Lipinski definition) is 10. The van der Waals surface area contributed by atoms with E-state index in [9.17, 15) is 74.5 Å². The van der Waals surface area contributed by atoms with Crippen LogP contribution < -0.4 is 5.73 Å². The molecule has 42 heteroatoms. The topological polar surface area (TPSA) is 551 Å². The highest BCUT2D eigenvalue weighted by atomic mass is 32.2. The van der Waals surface area contributed by atoms with Gasteiger partial charge < -0.3 is 21.1 Å². The minimum Gasteiger partial charge on any atom is -0.505 e. The lowest BCUT2D eigenvalue weighted by Gasteiger charge is -2.14. The number of nitrogens with two attached hydrogens (primary N) is 1. The minimum absolute atomic E-state index is 0.00446. The van der Waals surface area contributed by atoms with Crippen LogP contribution in [0.25, 0.3) is 32.3 Å². The van der Waals surface area contributed by atoms with E-state index in [1.165, 1.54) is 24.3 Å². The second-order valence-electron chi connectivity index (χ2n) is 16.0. The summed E-state index contributed by atoms with van der Waals surface area (Å²) in [6, 6.07) is 16.4. The van der Waals surface area contributed by atoms with Crippen LogP contribution in [-0.2, 0) is 58.5 Å². The lowest BCUT2D eigenvalue weighted by molar-refractivity contribution is -0.432. The summed E-state index contributed by atoms with van der Waals surface area (Å²) in [6.07, 6.45) is 0. The van der Waals surface area contributed by atoms with E-state index in [0.29, 0.717) is 6.07 Å². The fraction of sp³-hybridized carbons (Fsp3) is 0. The first-order valence-corrected chi connectivity index (χ1v) is 28.1. The van der Waals surface area contributed by atoms with Gasteiger partial charge in [0.05, 0.1) is 83.1 Å². The van der Waals surface area contributed by atoms with Gasteiger partial charge in [-0.1, -0.05) is 15.1 Å². The number of nitro groups is 2. The number of rotatable bonds is 22. The highest BCUT2D eigenvalue weighted by Crippen LogP contribution is 2.51. The number of anilines is 1. The van der Waals surface area contributed by atoms with Crippen molar-refractivity contribution in [2.24, 2.45) is 40.9 Å². The zero-order chi connectivity index (χ0) is 61.0. The molecule has 0 amide bonds. The fourth-order valence-corrected chi connectivity index (χ4v) is 10.9. The van der Waals surface area contributed by atoms with E-state index in [4.69, 9.17) is 21.5 Å². The second-order valence-corrected chi connectivity index (χ2v) is 22.4. The van der Waals surface area contributed by atoms with E-state index in [1.807, 2.05) is 0 Å². The maximum Gasteiger partial charge on any atom is 0.297 e. The molecule has 0 aliphatic heterocycles. The summed E-state index contributed by atoms with van der Waals surface area (Å²) in [5, 5.41) is 125. The van der Waals surface area contributed by atoms with E-state index in [-0.39, 0.29) is 100 Å². The summed E-state index contributed by atoms with van der Waals surface area (Å²) in [4.78, 5) is 17.2. The molecule has 0 radical (unpaired) electrons. The molecule has 0 saturated heterocycles. The first-order valence-electron chi connectivity index (χ1n) is 21.6. The molecule has 0 atom stereocenters. The number of azo groups is 4. The van der Waals surface area contributed by atoms with Crippen LogP contribution in [0.2, 0.25) is 0 Å². The Balaban J connectivity index is 1.18. The predicted octanol–water partition coefficient (Wildman–Crippen LogP) is 12.3. The maximum absolute atomic E-state index is 12.8. The largest absolute Gasteiger partial charge is 0.505 e. The number of fused-ring (bicyclic) bond motifs is 3. The Kier molecular flexibility index (Phi) is 18.3. The molecule has 0 unspecified atom stereocenters. The number of non-ortho nitro benzene ring substituents is 2. The van der Waals surface area contributed by atoms with Crippen LogP contribution in [0.1, 0.15) is 0 Å². The van der Waals surface area contributed by atoms with Gasteiger partial charge in [-0.3, -0.25) is 33.9 Å². The quantitative estimate of drug-likeness (QED) is 0.00573. The van der Waals surface area contributed by atoms with Crippen molar-refractivity contribution in [2.75, 3.05) is 5.73 Å². The molecule has 0 saturated carbocycles. The van der Waals surface area contributed by atoms with Gasteiger partial charge in [-0.05, 0) is 89.0 Å². The smallest absolute Gasteiger partial charge is 0.297 e. The standard InChI is InChI=1S/C42H27N11O25S6/c43-35-34-19(12-29(80-77-74-62)36(35)48-44-20-1-5-24-17(9-20)11-30(81-78-75-63)37(40(24)54)49-47-27-8-4-23(53(59)60)16-31(27)82(64,65)66)14-33(84(70,71)72)39(42(34)56)50-45-21-2-6-25-18(10-21)13-32(83(67,68)69)38(41(25)55)51-46-26-7-3-22(52(57)58)15-28(26)79-76-73-61/h1-16,54-56,61-63H,43H2,(H,64,65,66)(H,67,68,69)(H,70,71,72). The van der Waals surface area contributed by atoms with Crippen molar-refractivity contribution in [3.05, 3.63) is 117 Å². The summed E-state index contributed by atoms with van der Waals surface area (Å²) < 4.78 is 119. The van der Waals surface area contributed by atoms with Crippen LogP contribution in [0.4, 0.5) is 62.6 Å². The van der Waals surface area contributed by atoms with Crippen LogP contribution in [-0.4, -0.2) is 79.8 Å². The molecule has 36 nitrogen and oxygen atoms in total. The summed E-state index contributed by atoms with van der Waals surface area (Å²) in [7, 11) is -15.7. The molecule has 0 fully saturated rings. The maximum atomic E-state index is 12.8. The molecule has 0 aliphatic carbocycles. The molecule has 0 heterocycles. The van der Waals surface area contributed by atoms with Crippen molar-refractivity contribution in [1.29, 1.82) is 0 Å². The molecule has 84 heavy (non-hydrogen) atoms. The van der Waals surface area contributed by atoms with Crippen LogP contribution >= 0.6 is 36.1 Å². The Morgan fingerprint density at radius 3 is 1.39 bits per heavy atom. The van der Waals surface area contributed by atoms with Gasteiger partial charge in [0.25, 0.3) is 41.7 Å². The number of nitrogen functional groups attached to an aromatic ring is 1. The zero-order valence-electron chi connectivity index (χ0n) is 40.3. The normalized spacial score (nSPS) is 12.6. The molecule has 8 aromatic rings. The molecule has 0 aromatic heterocycles. The summed E-state index contributed by atoms with van der Waals surface area (Å²) in [6.45, 7) is 0. The number of phenolic OH excluding ortho intramolecular Hbond substituents is 3. The van der Waals surface area contributed by atoms with Crippen molar-refractivity contribution < 1.29 is 108 Å². The Bertz CT molecular complexity index is 4520. The number of aromatic hydroxyl groups is 3. The van der Waals surface area contributed by atoms with Gasteiger partial charge in [0.2, 0.25) is 0 Å². The van der Waals surface area contributed by atoms with Gasteiger partial charge >= 0.3 is 0 Å². The van der Waals surface area contributed by atoms with E-state index in [0.717, 1.165) is 66.7 Å². The zero-order valence-corrected chi connectivity index (χ0v) is 45.2. The molecule has 11 N–H and O–H groups in total. The van der Waals surface area contributed by atoms with Crippen molar-refractivity contribution in [3.63, 3.8) is 0 Å². The molecular formula is C42H27N11O25S6. The summed E-state index contributed by atoms with van der Waals surface area (Å²) in [5.41, 5.74) is 1.10. The lowest BCUT2D eigenvalue weighted by atomic mass is 10.0. The Morgan fingerprint density at radius 2 is 0.857 bits per heavy atom. The van der Waals surface area contributed by atoms with Gasteiger partial charge in [0, 0.05) is 35.0 Å². The number of benzene rings is 8. The van der Waals surface area contributed by atoms with Gasteiger partial charge in [0.15, 0.2) is 17.2 Å². The van der Waals surface area contributed by atoms with Crippen LogP contribution in [0.15, 0.2) is 167 Å². The first kappa shape index (κ1) is 61.4. The highest BCUT2D eigenvalue weighted by molar-refractivity contribution is 7.95. The Hall–Kier alpha value is -8.64. The fourth-order valence-electron chi connectivity index (χ4n) is 7.48. The van der Waals surface area contributed by atoms with Gasteiger partial charge in [-0.25, -0.2) is 15.8 Å². The van der Waals surface area contributed by atoms with E-state index in [1.54, 1.807) is 0 Å². The minimum atomic E-state index is -5.33. The Labute approximate surface area is 477 Å². The van der Waals surface area contributed by atoms with E-state index in [2.05, 4.69) is 69.0 Å². The molecule has 0 bridgehead atoms. The first-order chi connectivity index (χ1) is 39.7.